The highest BCUT2D eigenvalue weighted by molar-refractivity contribution is 14.0. The molecule has 1 fully saturated rings. The SMILES string of the molecule is CN=C(NCCCC1CCCC1)NCc1ccc(Cl)nc1.I. The van der Waals surface area contributed by atoms with Crippen molar-refractivity contribution >= 4 is 41.5 Å². The van der Waals surface area contributed by atoms with E-state index >= 15 is 0 Å². The maximum Gasteiger partial charge on any atom is 0.191 e. The molecule has 1 heterocycles. The fourth-order valence-corrected chi connectivity index (χ4v) is 2.93. The second-order valence-electron chi connectivity index (χ2n) is 5.63. The minimum absolute atomic E-state index is 0. The Morgan fingerprint density at radius 1 is 1.32 bits per heavy atom. The maximum atomic E-state index is 5.77. The van der Waals surface area contributed by atoms with Gasteiger partial charge in [-0.05, 0) is 30.4 Å². The summed E-state index contributed by atoms with van der Waals surface area (Å²) >= 11 is 5.77. The molecule has 1 aromatic heterocycles. The third-order valence-electron chi connectivity index (χ3n) is 4.03. The molecule has 0 aliphatic heterocycles. The largest absolute Gasteiger partial charge is 0.356 e. The van der Waals surface area contributed by atoms with E-state index in [9.17, 15) is 0 Å². The zero-order valence-corrected chi connectivity index (χ0v) is 16.2. The first-order valence-electron chi connectivity index (χ1n) is 7.83. The van der Waals surface area contributed by atoms with Gasteiger partial charge in [0.25, 0.3) is 0 Å². The Balaban J connectivity index is 0.00000242. The number of rotatable bonds is 6. The molecule has 0 radical (unpaired) electrons. The quantitative estimate of drug-likeness (QED) is 0.233. The van der Waals surface area contributed by atoms with Gasteiger partial charge in [0.2, 0.25) is 0 Å². The highest BCUT2D eigenvalue weighted by Gasteiger charge is 2.13. The van der Waals surface area contributed by atoms with Crippen LogP contribution in [0.25, 0.3) is 0 Å². The number of hydrogen-bond acceptors (Lipinski definition) is 2. The highest BCUT2D eigenvalue weighted by Crippen LogP contribution is 2.28. The fourth-order valence-electron chi connectivity index (χ4n) is 2.81. The Hall–Kier alpha value is -0.560. The lowest BCUT2D eigenvalue weighted by Gasteiger charge is -2.13. The predicted octanol–water partition coefficient (Wildman–Crippen LogP) is 3.99. The number of pyridine rings is 1. The van der Waals surface area contributed by atoms with E-state index in [0.717, 1.165) is 24.0 Å². The van der Waals surface area contributed by atoms with Crippen LogP contribution in [0.15, 0.2) is 23.3 Å². The van der Waals surface area contributed by atoms with Crippen LogP contribution >= 0.6 is 35.6 Å². The van der Waals surface area contributed by atoms with Gasteiger partial charge in [-0.3, -0.25) is 4.99 Å². The Bertz CT molecular complexity index is 444. The third kappa shape index (κ3) is 7.13. The smallest absolute Gasteiger partial charge is 0.191 e. The van der Waals surface area contributed by atoms with E-state index in [1.165, 1.54) is 38.5 Å². The number of aliphatic imine (C=N–C) groups is 1. The summed E-state index contributed by atoms with van der Waals surface area (Å²) in [5, 5.41) is 7.18. The standard InChI is InChI=1S/C16H25ClN4.HI/c1-18-16(19-10-4-7-13-5-2-3-6-13)21-12-14-8-9-15(17)20-11-14;/h8-9,11,13H,2-7,10,12H2,1H3,(H2,18,19,21);1H. The predicted molar refractivity (Wildman–Crippen MR) is 104 cm³/mol. The topological polar surface area (TPSA) is 49.3 Å². The zero-order valence-electron chi connectivity index (χ0n) is 13.1. The molecular formula is C16H26ClIN4. The van der Waals surface area contributed by atoms with Crippen molar-refractivity contribution in [1.82, 2.24) is 15.6 Å². The van der Waals surface area contributed by atoms with Crippen LogP contribution < -0.4 is 10.6 Å². The summed E-state index contributed by atoms with van der Waals surface area (Å²) in [6.07, 6.45) is 10.0. The van der Waals surface area contributed by atoms with E-state index in [1.807, 2.05) is 6.07 Å². The first-order valence-corrected chi connectivity index (χ1v) is 8.20. The summed E-state index contributed by atoms with van der Waals surface area (Å²) in [6.45, 7) is 1.68. The normalized spacial score (nSPS) is 15.5. The minimum Gasteiger partial charge on any atom is -0.356 e. The van der Waals surface area contributed by atoms with Crippen LogP contribution in [0.4, 0.5) is 0 Å². The summed E-state index contributed by atoms with van der Waals surface area (Å²) < 4.78 is 0. The molecule has 0 amide bonds. The molecule has 0 spiro atoms. The molecule has 22 heavy (non-hydrogen) atoms. The van der Waals surface area contributed by atoms with Crippen LogP contribution in [-0.2, 0) is 6.54 Å². The van der Waals surface area contributed by atoms with Crippen molar-refractivity contribution in [3.05, 3.63) is 29.0 Å². The molecule has 1 aliphatic carbocycles. The molecule has 0 unspecified atom stereocenters. The van der Waals surface area contributed by atoms with Gasteiger partial charge in [0.05, 0.1) is 0 Å². The lowest BCUT2D eigenvalue weighted by molar-refractivity contribution is 0.481. The van der Waals surface area contributed by atoms with E-state index < -0.39 is 0 Å². The Morgan fingerprint density at radius 3 is 2.73 bits per heavy atom. The van der Waals surface area contributed by atoms with Crippen molar-refractivity contribution in [2.75, 3.05) is 13.6 Å². The van der Waals surface area contributed by atoms with Crippen LogP contribution in [0.2, 0.25) is 5.15 Å². The van der Waals surface area contributed by atoms with Crippen molar-refractivity contribution in [1.29, 1.82) is 0 Å². The second kappa shape index (κ2) is 11.0. The molecule has 2 rings (SSSR count). The van der Waals surface area contributed by atoms with E-state index in [0.29, 0.717) is 11.7 Å². The molecule has 1 aromatic rings. The van der Waals surface area contributed by atoms with Gasteiger partial charge < -0.3 is 10.6 Å². The fraction of sp³-hybridized carbons (Fsp3) is 0.625. The summed E-state index contributed by atoms with van der Waals surface area (Å²) in [6, 6.07) is 3.77. The van der Waals surface area contributed by atoms with Crippen molar-refractivity contribution in [2.24, 2.45) is 10.9 Å². The summed E-state index contributed by atoms with van der Waals surface area (Å²) in [7, 11) is 1.80. The van der Waals surface area contributed by atoms with Crippen LogP contribution in [-0.4, -0.2) is 24.5 Å². The van der Waals surface area contributed by atoms with E-state index in [2.05, 4.69) is 20.6 Å². The van der Waals surface area contributed by atoms with E-state index in [-0.39, 0.29) is 24.0 Å². The summed E-state index contributed by atoms with van der Waals surface area (Å²) in [5.74, 6) is 1.80. The first-order chi connectivity index (χ1) is 10.3. The second-order valence-corrected chi connectivity index (χ2v) is 6.02. The molecule has 0 atom stereocenters. The molecule has 0 saturated heterocycles. The van der Waals surface area contributed by atoms with Gasteiger partial charge in [-0.15, -0.1) is 24.0 Å². The highest BCUT2D eigenvalue weighted by atomic mass is 127. The zero-order chi connectivity index (χ0) is 14.9. The molecule has 4 nitrogen and oxygen atoms in total. The molecule has 0 bridgehead atoms. The number of hydrogen-bond donors (Lipinski definition) is 2. The monoisotopic (exact) mass is 436 g/mol. The van der Waals surface area contributed by atoms with Gasteiger partial charge in [-0.1, -0.05) is 43.4 Å². The number of halogens is 2. The van der Waals surface area contributed by atoms with Crippen LogP contribution in [0.3, 0.4) is 0 Å². The molecule has 6 heteroatoms. The van der Waals surface area contributed by atoms with Crippen molar-refractivity contribution in [2.45, 2.75) is 45.1 Å². The van der Waals surface area contributed by atoms with Gasteiger partial charge in [-0.2, -0.15) is 0 Å². The maximum absolute atomic E-state index is 5.77. The van der Waals surface area contributed by atoms with Gasteiger partial charge in [0, 0.05) is 26.3 Å². The third-order valence-corrected chi connectivity index (χ3v) is 4.25. The van der Waals surface area contributed by atoms with Gasteiger partial charge in [-0.25, -0.2) is 4.98 Å². The number of nitrogens with one attached hydrogen (secondary N) is 2. The Kier molecular flexibility index (Phi) is 9.79. The molecular weight excluding hydrogens is 411 g/mol. The Morgan fingerprint density at radius 2 is 2.09 bits per heavy atom. The van der Waals surface area contributed by atoms with Crippen LogP contribution in [0, 0.1) is 5.92 Å². The van der Waals surface area contributed by atoms with Crippen molar-refractivity contribution < 1.29 is 0 Å². The molecule has 1 saturated carbocycles. The van der Waals surface area contributed by atoms with Gasteiger partial charge >= 0.3 is 0 Å². The summed E-state index contributed by atoms with van der Waals surface area (Å²) in [5.41, 5.74) is 1.09. The number of aromatic nitrogens is 1. The molecule has 1 aliphatic rings. The van der Waals surface area contributed by atoms with Gasteiger partial charge in [0.1, 0.15) is 5.15 Å². The molecule has 0 aromatic carbocycles. The van der Waals surface area contributed by atoms with E-state index in [4.69, 9.17) is 11.6 Å². The lowest BCUT2D eigenvalue weighted by atomic mass is 10.0. The average molecular weight is 437 g/mol. The van der Waals surface area contributed by atoms with Gasteiger partial charge in [0.15, 0.2) is 5.96 Å². The minimum atomic E-state index is 0. The Labute approximate surface area is 155 Å². The van der Waals surface area contributed by atoms with Crippen molar-refractivity contribution in [3.8, 4) is 0 Å². The molecule has 2 N–H and O–H groups in total. The lowest BCUT2D eigenvalue weighted by Crippen LogP contribution is -2.37. The van der Waals surface area contributed by atoms with Crippen molar-refractivity contribution in [3.63, 3.8) is 0 Å². The first kappa shape index (κ1) is 19.5. The van der Waals surface area contributed by atoms with Crippen LogP contribution in [0.1, 0.15) is 44.1 Å². The number of nitrogens with zero attached hydrogens (tertiary/aromatic N) is 2. The number of guanidine groups is 1. The molecule has 124 valence electrons. The van der Waals surface area contributed by atoms with Crippen LogP contribution in [0.5, 0.6) is 0 Å². The van der Waals surface area contributed by atoms with E-state index in [1.54, 1.807) is 19.3 Å². The average Bonchev–Trinajstić information content (AvgIpc) is 3.01. The summed E-state index contributed by atoms with van der Waals surface area (Å²) in [4.78, 5) is 8.31.